The van der Waals surface area contributed by atoms with Crippen molar-refractivity contribution in [3.63, 3.8) is 0 Å². The molecule has 8 aromatic rings. The number of amides is 2. The maximum absolute atomic E-state index is 12.9. The molecule has 8 rings (SSSR count). The molecule has 29 heteroatoms. The Kier molecular flexibility index (Phi) is 26.6. The number of benzene rings is 8. The Hall–Kier alpha value is -10.8. The largest absolute Gasteiger partial charge is 0.481 e. The molecule has 0 radical (unpaired) electrons. The Labute approximate surface area is 543 Å². The lowest BCUT2D eigenvalue weighted by atomic mass is 10.0. The van der Waals surface area contributed by atoms with E-state index in [2.05, 4.69) is 34.8 Å². The molecule has 26 nitrogen and oxygen atoms in total. The molecule has 3 unspecified atom stereocenters. The number of anilines is 3. The van der Waals surface area contributed by atoms with Crippen LogP contribution in [0.4, 0.5) is 28.4 Å². The molecular formula is C65H70N12O14S3. The number of carboxylic acid groups (broad SMARTS) is 1. The van der Waals surface area contributed by atoms with Gasteiger partial charge in [0.15, 0.2) is 11.9 Å². The summed E-state index contributed by atoms with van der Waals surface area (Å²) in [6, 6.07) is 53.0. The fourth-order valence-corrected chi connectivity index (χ4v) is 12.5. The van der Waals surface area contributed by atoms with E-state index in [1.165, 1.54) is 54.6 Å². The van der Waals surface area contributed by atoms with Crippen molar-refractivity contribution in [3.05, 3.63) is 240 Å². The van der Waals surface area contributed by atoms with Crippen molar-refractivity contribution in [1.29, 1.82) is 0 Å². The van der Waals surface area contributed by atoms with Gasteiger partial charge >= 0.3 is 17.9 Å². The number of ether oxygens (including phenoxy) is 2. The highest BCUT2D eigenvalue weighted by atomic mass is 32.2. The van der Waals surface area contributed by atoms with Gasteiger partial charge in [-0.05, 0) is 140 Å². The van der Waals surface area contributed by atoms with E-state index in [1.54, 1.807) is 172 Å². The zero-order chi connectivity index (χ0) is 68.4. The molecule has 0 heterocycles. The first-order valence-electron chi connectivity index (χ1n) is 28.6. The molecule has 94 heavy (non-hydrogen) atoms. The van der Waals surface area contributed by atoms with Crippen molar-refractivity contribution in [2.45, 2.75) is 65.9 Å². The number of aliphatic carboxylic acids is 1. The molecule has 0 aliphatic carbocycles. The van der Waals surface area contributed by atoms with Gasteiger partial charge < -0.3 is 53.9 Å². The van der Waals surface area contributed by atoms with Gasteiger partial charge in [-0.2, -0.15) is 0 Å². The van der Waals surface area contributed by atoms with Crippen molar-refractivity contribution >= 4 is 100 Å². The van der Waals surface area contributed by atoms with E-state index < -0.39 is 84.3 Å². The Balaban J connectivity index is 0.000000228. The maximum atomic E-state index is 12.9. The number of guanidine groups is 2. The van der Waals surface area contributed by atoms with E-state index in [4.69, 9.17) is 38.1 Å². The van der Waals surface area contributed by atoms with Crippen molar-refractivity contribution in [1.82, 2.24) is 14.2 Å². The summed E-state index contributed by atoms with van der Waals surface area (Å²) in [7, 11) is -11.7. The number of nitrogens with zero attached hydrogens (tertiary/aromatic N) is 2. The van der Waals surface area contributed by atoms with Crippen molar-refractivity contribution in [2.75, 3.05) is 29.6 Å². The average molecular weight is 1340 g/mol. The molecule has 3 atom stereocenters. The minimum Gasteiger partial charge on any atom is -0.481 e. The molecule has 8 aromatic carbocycles. The number of sulfonamides is 3. The molecule has 0 saturated carbocycles. The number of hydrogen-bond acceptors (Lipinski definition) is 16. The van der Waals surface area contributed by atoms with Gasteiger partial charge in [0.1, 0.15) is 0 Å². The number of carbonyl (C=O) groups excluding carboxylic acids is 4. The van der Waals surface area contributed by atoms with Crippen LogP contribution in [0, 0.1) is 0 Å². The highest BCUT2D eigenvalue weighted by molar-refractivity contribution is 7.90. The van der Waals surface area contributed by atoms with Crippen LogP contribution in [0.25, 0.3) is 0 Å². The first-order valence-corrected chi connectivity index (χ1v) is 33.0. The summed E-state index contributed by atoms with van der Waals surface area (Å²) in [5, 5.41) is 14.8. The molecule has 0 saturated heterocycles. The van der Waals surface area contributed by atoms with E-state index in [0.717, 1.165) is 0 Å². The summed E-state index contributed by atoms with van der Waals surface area (Å²) < 4.78 is 94.0. The van der Waals surface area contributed by atoms with Crippen LogP contribution < -0.4 is 53.5 Å². The molecule has 0 fully saturated rings. The smallest absolute Gasteiger partial charge is 0.307 e. The Morgan fingerprint density at radius 1 is 0.426 bits per heavy atom. The first kappa shape index (κ1) is 72.2. The lowest BCUT2D eigenvalue weighted by Gasteiger charge is -2.19. The van der Waals surface area contributed by atoms with Crippen LogP contribution in [0.2, 0.25) is 0 Å². The maximum Gasteiger partial charge on any atom is 0.307 e. The third kappa shape index (κ3) is 23.1. The second-order valence-electron chi connectivity index (χ2n) is 20.1. The second-order valence-corrected chi connectivity index (χ2v) is 25.2. The third-order valence-electron chi connectivity index (χ3n) is 12.9. The Morgan fingerprint density at radius 2 is 0.755 bits per heavy atom. The Morgan fingerprint density at radius 3 is 1.09 bits per heavy atom. The minimum atomic E-state index is -3.98. The van der Waals surface area contributed by atoms with E-state index in [-0.39, 0.29) is 52.7 Å². The van der Waals surface area contributed by atoms with E-state index >= 15 is 0 Å². The van der Waals surface area contributed by atoms with Crippen LogP contribution in [0.1, 0.15) is 88.6 Å². The number of nitrogen functional groups attached to an aromatic ring is 1. The molecule has 0 aliphatic heterocycles. The molecular weight excluding hydrogens is 1270 g/mol. The predicted molar refractivity (Wildman–Crippen MR) is 357 cm³/mol. The van der Waals surface area contributed by atoms with Gasteiger partial charge in [-0.1, -0.05) is 103 Å². The molecule has 0 aromatic heterocycles. The van der Waals surface area contributed by atoms with Crippen LogP contribution in [-0.4, -0.2) is 85.2 Å². The summed E-state index contributed by atoms with van der Waals surface area (Å²) in [4.78, 5) is 69.1. The number of hydrogen-bond donors (Lipinski definition) is 11. The average Bonchev–Trinajstić information content (AvgIpc) is 0.901. The number of rotatable bonds is 26. The van der Waals surface area contributed by atoms with Crippen LogP contribution in [0.3, 0.4) is 0 Å². The van der Waals surface area contributed by atoms with Gasteiger partial charge in [0.05, 0.1) is 76.7 Å². The lowest BCUT2D eigenvalue weighted by Crippen LogP contribution is -2.31. The first-order chi connectivity index (χ1) is 44.7. The molecule has 492 valence electrons. The third-order valence-corrected chi connectivity index (χ3v) is 17.4. The summed E-state index contributed by atoms with van der Waals surface area (Å²) >= 11 is 0. The molecule has 0 bridgehead atoms. The van der Waals surface area contributed by atoms with Crippen LogP contribution in [0.15, 0.2) is 237 Å². The van der Waals surface area contributed by atoms with Gasteiger partial charge in [-0.15, -0.1) is 0 Å². The number of carboxylic acids is 1. The van der Waals surface area contributed by atoms with Gasteiger partial charge in [-0.3, -0.25) is 24.0 Å². The van der Waals surface area contributed by atoms with Gasteiger partial charge in [-0.25, -0.2) is 49.4 Å². The monoisotopic (exact) mass is 1340 g/mol. The number of nitrogens with one attached hydrogen (secondary N) is 5. The second kappa shape index (κ2) is 34.6. The fourth-order valence-electron chi connectivity index (χ4n) is 8.78. The predicted octanol–water partition coefficient (Wildman–Crippen LogP) is 7.40. The van der Waals surface area contributed by atoms with Crippen LogP contribution in [0.5, 0.6) is 0 Å². The number of aliphatic imine (C=N–C) groups is 2. The number of esters is 2. The Bertz CT molecular complexity index is 4330. The zero-order valence-corrected chi connectivity index (χ0v) is 53.2. The van der Waals surface area contributed by atoms with Crippen LogP contribution in [-0.2, 0) is 53.9 Å². The highest BCUT2D eigenvalue weighted by Gasteiger charge is 2.28. The SMILES string of the molecule is CCOC(=O)CC(NS(=O)(=O)c1ccccc1)c1cccc(N)c1.CCOC(=O)CC(NS(=O)(=O)c1ccccc1)c1cccc(NC(=O)c2cccc(N=C(N)N)c2)c1.NC(N)=Nc1cccc(C(=O)Nc2cccc(C(CC(=O)O)NS(=O)(=O)c3ccccc3)c2)c1. The normalized spacial score (nSPS) is 12.0. The summed E-state index contributed by atoms with van der Waals surface area (Å²) in [5.41, 5.74) is 31.4. The number of nitrogens with two attached hydrogens (primary N) is 5. The zero-order valence-electron chi connectivity index (χ0n) is 50.7. The number of carbonyl (C=O) groups is 5. The van der Waals surface area contributed by atoms with Crippen molar-refractivity contribution in [2.24, 2.45) is 32.9 Å². The van der Waals surface area contributed by atoms with E-state index in [9.17, 15) is 54.3 Å². The van der Waals surface area contributed by atoms with Gasteiger partial charge in [0, 0.05) is 28.2 Å². The summed E-state index contributed by atoms with van der Waals surface area (Å²) in [5.74, 6) is -3.40. The summed E-state index contributed by atoms with van der Waals surface area (Å²) in [6.07, 6.45) is -0.856. The van der Waals surface area contributed by atoms with E-state index in [1.807, 2.05) is 0 Å². The molecule has 0 aliphatic rings. The molecule has 16 N–H and O–H groups in total. The van der Waals surface area contributed by atoms with Crippen LogP contribution >= 0.6 is 0 Å². The molecule has 0 spiro atoms. The van der Waals surface area contributed by atoms with Crippen molar-refractivity contribution < 1.29 is 63.8 Å². The van der Waals surface area contributed by atoms with Crippen molar-refractivity contribution in [3.8, 4) is 0 Å². The minimum absolute atomic E-state index is 0.00973. The highest BCUT2D eigenvalue weighted by Crippen LogP contribution is 2.28. The summed E-state index contributed by atoms with van der Waals surface area (Å²) in [6.45, 7) is 3.75. The lowest BCUT2D eigenvalue weighted by molar-refractivity contribution is -0.144. The van der Waals surface area contributed by atoms with Gasteiger partial charge in [0.2, 0.25) is 30.1 Å². The topological polar surface area (TPSA) is 441 Å². The molecule has 2 amide bonds. The fraction of sp³-hybridized carbons (Fsp3) is 0.154. The van der Waals surface area contributed by atoms with E-state index in [0.29, 0.717) is 56.3 Å². The van der Waals surface area contributed by atoms with Gasteiger partial charge in [0.25, 0.3) is 11.8 Å². The quantitative estimate of drug-likeness (QED) is 0.0109. The standard InChI is InChI=1S/C25H27N5O5S.C23H23N5O5S.C17H20N2O4S/c1-2-35-23(31)16-22(30-36(33,34)21-12-4-3-5-13-21)17-8-6-10-19(14-17)28-24(32)18-9-7-11-20(15-18)29-25(26)27;24-23(25)27-18-9-5-7-16(13-18)22(31)26-17-8-4-6-15(12-17)20(14-21(29)30)28-34(32,33)19-10-2-1-3-11-19;1-2-23-17(20)12-16(13-7-6-8-14(18)11-13)19-24(21,22)15-9-4-3-5-10-15/h3-15,22,30H,2,16H2,1H3,(H,28,32)(H4,26,27,29);1-13,20,28H,14H2,(H,26,31)(H,29,30)(H4,24,25,27);3-11,16,19H,2,12,18H2,1H3.